The molecule has 0 saturated carbocycles. The second-order valence-corrected chi connectivity index (χ2v) is 4.50. The number of unbranched alkanes of at least 4 members (excludes halogenated alkanes) is 1. The van der Waals surface area contributed by atoms with Crippen molar-refractivity contribution in [2.75, 3.05) is 26.4 Å². The molecule has 0 saturated heterocycles. The number of nitrogens with two attached hydrogens (primary N) is 1. The molecule has 0 amide bonds. The zero-order valence-corrected chi connectivity index (χ0v) is 11.4. The van der Waals surface area contributed by atoms with E-state index in [0.29, 0.717) is 11.3 Å². The number of benzene rings is 1. The first-order valence-electron chi connectivity index (χ1n) is 6.23. The van der Waals surface area contributed by atoms with Crippen LogP contribution in [0.2, 0.25) is 0 Å². The lowest BCUT2D eigenvalue weighted by Gasteiger charge is -2.17. The van der Waals surface area contributed by atoms with E-state index in [0.717, 1.165) is 18.7 Å². The number of hydrogen-bond donors (Lipinski definition) is 1. The average molecular weight is 250 g/mol. The third-order valence-electron chi connectivity index (χ3n) is 2.90. The van der Waals surface area contributed by atoms with Crippen molar-refractivity contribution in [1.29, 1.82) is 0 Å². The van der Waals surface area contributed by atoms with Crippen LogP contribution in [-0.4, -0.2) is 31.6 Å². The monoisotopic (exact) mass is 250 g/mol. The number of hydrogen-bond acceptors (Lipinski definition) is 4. The molecule has 1 aromatic rings. The summed E-state index contributed by atoms with van der Waals surface area (Å²) in [5, 5.41) is 0. The van der Waals surface area contributed by atoms with E-state index < -0.39 is 0 Å². The highest BCUT2D eigenvalue weighted by Gasteiger charge is 2.09. The highest BCUT2D eigenvalue weighted by atomic mass is 16.5. The molecule has 100 valence electrons. The Morgan fingerprint density at radius 3 is 2.72 bits per heavy atom. The van der Waals surface area contributed by atoms with Crippen molar-refractivity contribution in [3.8, 4) is 0 Å². The number of methoxy groups -OCH3 is 1. The fourth-order valence-electron chi connectivity index (χ4n) is 1.78. The lowest BCUT2D eigenvalue weighted by atomic mass is 10.1. The molecule has 0 unspecified atom stereocenters. The standard InChI is InChI=1S/C14H22N2O2/c1-4-5-8-16(2)10-12-7-6-11(9-13(12)15)14(17)18-3/h6-7,9H,4-5,8,10,15H2,1-3H3. The van der Waals surface area contributed by atoms with Crippen LogP contribution in [0, 0.1) is 0 Å². The lowest BCUT2D eigenvalue weighted by Crippen LogP contribution is -2.19. The van der Waals surface area contributed by atoms with Crippen molar-refractivity contribution in [1.82, 2.24) is 4.90 Å². The van der Waals surface area contributed by atoms with Crippen LogP contribution in [0.5, 0.6) is 0 Å². The van der Waals surface area contributed by atoms with Gasteiger partial charge in [0.2, 0.25) is 0 Å². The molecule has 0 bridgehead atoms. The van der Waals surface area contributed by atoms with Gasteiger partial charge in [-0.2, -0.15) is 0 Å². The van der Waals surface area contributed by atoms with E-state index in [1.54, 1.807) is 12.1 Å². The minimum absolute atomic E-state index is 0.354. The third-order valence-corrected chi connectivity index (χ3v) is 2.90. The Bertz CT molecular complexity index is 405. The van der Waals surface area contributed by atoms with E-state index in [1.165, 1.54) is 20.0 Å². The summed E-state index contributed by atoms with van der Waals surface area (Å²) in [4.78, 5) is 13.6. The van der Waals surface area contributed by atoms with Gasteiger partial charge >= 0.3 is 5.97 Å². The van der Waals surface area contributed by atoms with E-state index in [9.17, 15) is 4.79 Å². The molecule has 0 aliphatic rings. The number of esters is 1. The summed E-state index contributed by atoms with van der Waals surface area (Å²) in [6, 6.07) is 5.32. The molecule has 0 atom stereocenters. The minimum atomic E-state index is -0.354. The number of rotatable bonds is 6. The zero-order chi connectivity index (χ0) is 13.5. The van der Waals surface area contributed by atoms with E-state index in [-0.39, 0.29) is 5.97 Å². The van der Waals surface area contributed by atoms with Crippen LogP contribution in [0.4, 0.5) is 5.69 Å². The first kappa shape index (κ1) is 14.5. The quantitative estimate of drug-likeness (QED) is 0.621. The molecule has 0 spiro atoms. The van der Waals surface area contributed by atoms with Gasteiger partial charge in [0.1, 0.15) is 0 Å². The summed E-state index contributed by atoms with van der Waals surface area (Å²) in [6.07, 6.45) is 2.36. The Hall–Kier alpha value is -1.55. The first-order valence-corrected chi connectivity index (χ1v) is 6.23. The number of anilines is 1. The van der Waals surface area contributed by atoms with E-state index in [2.05, 4.69) is 23.6 Å². The van der Waals surface area contributed by atoms with Crippen LogP contribution < -0.4 is 5.73 Å². The van der Waals surface area contributed by atoms with Crippen LogP contribution in [0.25, 0.3) is 0 Å². The minimum Gasteiger partial charge on any atom is -0.465 e. The van der Waals surface area contributed by atoms with Gasteiger partial charge < -0.3 is 15.4 Å². The van der Waals surface area contributed by atoms with Gasteiger partial charge in [-0.15, -0.1) is 0 Å². The van der Waals surface area contributed by atoms with Crippen molar-refractivity contribution >= 4 is 11.7 Å². The maximum absolute atomic E-state index is 11.4. The van der Waals surface area contributed by atoms with Gasteiger partial charge in [0.25, 0.3) is 0 Å². The summed E-state index contributed by atoms with van der Waals surface area (Å²) in [6.45, 7) is 4.02. The first-order chi connectivity index (χ1) is 8.58. The molecular formula is C14H22N2O2. The molecule has 0 aliphatic heterocycles. The highest BCUT2D eigenvalue weighted by Crippen LogP contribution is 2.16. The molecule has 1 rings (SSSR count). The van der Waals surface area contributed by atoms with Crippen LogP contribution in [0.1, 0.15) is 35.7 Å². The summed E-state index contributed by atoms with van der Waals surface area (Å²) < 4.78 is 4.66. The topological polar surface area (TPSA) is 55.6 Å². The molecule has 0 aliphatic carbocycles. The van der Waals surface area contributed by atoms with Gasteiger partial charge in [0.15, 0.2) is 0 Å². The third kappa shape index (κ3) is 4.04. The molecule has 1 aromatic carbocycles. The van der Waals surface area contributed by atoms with Crippen LogP contribution >= 0.6 is 0 Å². The molecule has 4 heteroatoms. The predicted octanol–water partition coefficient (Wildman–Crippen LogP) is 2.29. The SMILES string of the molecule is CCCCN(C)Cc1ccc(C(=O)OC)cc1N. The number of carbonyl (C=O) groups excluding carboxylic acids is 1. The number of nitrogens with zero attached hydrogens (tertiary/aromatic N) is 1. The Balaban J connectivity index is 2.70. The molecule has 0 aromatic heterocycles. The maximum Gasteiger partial charge on any atom is 0.337 e. The van der Waals surface area contributed by atoms with Crippen LogP contribution in [0.3, 0.4) is 0 Å². The largest absolute Gasteiger partial charge is 0.465 e. The highest BCUT2D eigenvalue weighted by molar-refractivity contribution is 5.90. The Labute approximate surface area is 109 Å². The lowest BCUT2D eigenvalue weighted by molar-refractivity contribution is 0.0601. The van der Waals surface area contributed by atoms with Gasteiger partial charge in [-0.1, -0.05) is 19.4 Å². The second-order valence-electron chi connectivity index (χ2n) is 4.50. The van der Waals surface area contributed by atoms with Crippen molar-refractivity contribution in [3.63, 3.8) is 0 Å². The molecule has 18 heavy (non-hydrogen) atoms. The van der Waals surface area contributed by atoms with Crippen molar-refractivity contribution in [3.05, 3.63) is 29.3 Å². The summed E-state index contributed by atoms with van der Waals surface area (Å²) in [5.41, 5.74) is 8.13. The molecular weight excluding hydrogens is 228 g/mol. The van der Waals surface area contributed by atoms with Gasteiger partial charge in [0.05, 0.1) is 12.7 Å². The van der Waals surface area contributed by atoms with Gasteiger partial charge in [0, 0.05) is 12.2 Å². The van der Waals surface area contributed by atoms with Crippen LogP contribution in [-0.2, 0) is 11.3 Å². The van der Waals surface area contributed by atoms with Gasteiger partial charge in [-0.05, 0) is 37.7 Å². The molecule has 0 fully saturated rings. The fraction of sp³-hybridized carbons (Fsp3) is 0.500. The number of ether oxygens (including phenoxy) is 1. The van der Waals surface area contributed by atoms with Crippen molar-refractivity contribution in [2.45, 2.75) is 26.3 Å². The molecule has 2 N–H and O–H groups in total. The van der Waals surface area contributed by atoms with Gasteiger partial charge in [-0.25, -0.2) is 4.79 Å². The fourth-order valence-corrected chi connectivity index (χ4v) is 1.78. The second kappa shape index (κ2) is 7.01. The van der Waals surface area contributed by atoms with Gasteiger partial charge in [-0.3, -0.25) is 0 Å². The molecule has 0 heterocycles. The summed E-state index contributed by atoms with van der Waals surface area (Å²) in [7, 11) is 3.44. The molecule has 0 radical (unpaired) electrons. The summed E-state index contributed by atoms with van der Waals surface area (Å²) >= 11 is 0. The van der Waals surface area contributed by atoms with E-state index in [1.807, 2.05) is 6.07 Å². The number of carbonyl (C=O) groups is 1. The average Bonchev–Trinajstić information content (AvgIpc) is 2.37. The Kier molecular flexibility index (Phi) is 5.65. The predicted molar refractivity (Wildman–Crippen MR) is 73.4 cm³/mol. The zero-order valence-electron chi connectivity index (χ0n) is 11.4. The molecule has 4 nitrogen and oxygen atoms in total. The van der Waals surface area contributed by atoms with Crippen molar-refractivity contribution < 1.29 is 9.53 Å². The van der Waals surface area contributed by atoms with Crippen LogP contribution in [0.15, 0.2) is 18.2 Å². The number of nitrogen functional groups attached to an aromatic ring is 1. The Morgan fingerprint density at radius 1 is 1.44 bits per heavy atom. The maximum atomic E-state index is 11.4. The van der Waals surface area contributed by atoms with E-state index >= 15 is 0 Å². The van der Waals surface area contributed by atoms with Crippen molar-refractivity contribution in [2.24, 2.45) is 0 Å². The Morgan fingerprint density at radius 2 is 2.17 bits per heavy atom. The van der Waals surface area contributed by atoms with E-state index in [4.69, 9.17) is 5.73 Å². The summed E-state index contributed by atoms with van der Waals surface area (Å²) in [5.74, 6) is -0.354. The normalized spacial score (nSPS) is 10.7. The smallest absolute Gasteiger partial charge is 0.337 e.